The SMILES string of the molecule is CCNCCC#Cc1c2c(nc3cc(F)c(C)cc13)-c1cc3c(c(=O)n1C2)COC(=O)[C@]3(O)CC. The van der Waals surface area contributed by atoms with Gasteiger partial charge in [-0.25, -0.2) is 14.2 Å². The molecule has 4 heterocycles. The number of ether oxygens (including phenoxy) is 1. The molecule has 0 amide bonds. The molecule has 0 unspecified atom stereocenters. The van der Waals surface area contributed by atoms with E-state index in [2.05, 4.69) is 17.2 Å². The Kier molecular flexibility index (Phi) is 5.70. The number of fused-ring (bicyclic) bond motifs is 5. The predicted octanol–water partition coefficient (Wildman–Crippen LogP) is 2.88. The van der Waals surface area contributed by atoms with Gasteiger partial charge in [0.25, 0.3) is 5.56 Å². The van der Waals surface area contributed by atoms with Crippen LogP contribution in [-0.4, -0.2) is 33.7 Å². The molecule has 1 atom stereocenters. The first kappa shape index (κ1) is 23.2. The Morgan fingerprint density at radius 1 is 1.26 bits per heavy atom. The Balaban J connectivity index is 1.76. The standard InChI is InChI=1S/C27H26FN3O4/c1-4-27(34)20-11-23-24-18(13-31(23)25(32)19(20)14-35-26(27)33)16(8-6-7-9-29-5-2)17-10-15(3)21(28)12-22(17)30-24/h10-12,29,34H,4-5,7,9,13-14H2,1-3H3/t27-/m0/s1. The minimum absolute atomic E-state index is 0.0622. The molecule has 180 valence electrons. The number of cyclic esters (lactones) is 1. The van der Waals surface area contributed by atoms with Crippen molar-refractivity contribution in [2.75, 3.05) is 13.1 Å². The molecular weight excluding hydrogens is 449 g/mol. The zero-order valence-electron chi connectivity index (χ0n) is 19.9. The number of aryl methyl sites for hydroxylation is 1. The fraction of sp³-hybridized carbons (Fsp3) is 0.370. The van der Waals surface area contributed by atoms with E-state index in [1.807, 2.05) is 6.92 Å². The van der Waals surface area contributed by atoms with Crippen molar-refractivity contribution < 1.29 is 19.0 Å². The maximum Gasteiger partial charge on any atom is 0.343 e. The lowest BCUT2D eigenvalue weighted by atomic mass is 9.86. The van der Waals surface area contributed by atoms with Crippen molar-refractivity contribution in [2.24, 2.45) is 0 Å². The number of carbonyl (C=O) groups is 1. The number of nitrogens with zero attached hydrogens (tertiary/aromatic N) is 2. The second-order valence-corrected chi connectivity index (χ2v) is 8.94. The van der Waals surface area contributed by atoms with Crippen LogP contribution in [0.15, 0.2) is 23.0 Å². The number of hydrogen-bond donors (Lipinski definition) is 2. The van der Waals surface area contributed by atoms with E-state index in [-0.39, 0.29) is 42.1 Å². The summed E-state index contributed by atoms with van der Waals surface area (Å²) in [5, 5.41) is 15.0. The average Bonchev–Trinajstić information content (AvgIpc) is 3.21. The highest BCUT2D eigenvalue weighted by molar-refractivity contribution is 5.92. The van der Waals surface area contributed by atoms with E-state index in [0.717, 1.165) is 24.0 Å². The van der Waals surface area contributed by atoms with Crippen molar-refractivity contribution in [3.8, 4) is 23.2 Å². The summed E-state index contributed by atoms with van der Waals surface area (Å²) in [5.74, 6) is 5.30. The zero-order chi connectivity index (χ0) is 24.9. The fourth-order valence-corrected chi connectivity index (χ4v) is 4.83. The van der Waals surface area contributed by atoms with Gasteiger partial charge in [0.15, 0.2) is 5.60 Å². The third-order valence-electron chi connectivity index (χ3n) is 6.86. The normalized spacial score (nSPS) is 17.9. The minimum Gasteiger partial charge on any atom is -0.458 e. The predicted molar refractivity (Wildman–Crippen MR) is 129 cm³/mol. The molecule has 1 aromatic carbocycles. The number of pyridine rings is 2. The highest BCUT2D eigenvalue weighted by Gasteiger charge is 2.45. The fourth-order valence-electron chi connectivity index (χ4n) is 4.83. The van der Waals surface area contributed by atoms with Crippen molar-refractivity contribution in [1.29, 1.82) is 0 Å². The van der Waals surface area contributed by atoms with Gasteiger partial charge < -0.3 is 19.7 Å². The van der Waals surface area contributed by atoms with Gasteiger partial charge in [-0.1, -0.05) is 25.7 Å². The highest BCUT2D eigenvalue weighted by Crippen LogP contribution is 2.40. The Morgan fingerprint density at radius 3 is 2.80 bits per heavy atom. The Labute approximate surface area is 201 Å². The van der Waals surface area contributed by atoms with E-state index in [4.69, 9.17) is 9.72 Å². The van der Waals surface area contributed by atoms with Gasteiger partial charge in [0, 0.05) is 41.1 Å². The first-order valence-corrected chi connectivity index (χ1v) is 11.8. The monoisotopic (exact) mass is 475 g/mol. The van der Waals surface area contributed by atoms with Crippen molar-refractivity contribution in [1.82, 2.24) is 14.9 Å². The van der Waals surface area contributed by atoms with Crippen LogP contribution >= 0.6 is 0 Å². The molecule has 7 nitrogen and oxygen atoms in total. The summed E-state index contributed by atoms with van der Waals surface area (Å²) in [6.07, 6.45) is 0.698. The Bertz CT molecular complexity index is 1520. The van der Waals surface area contributed by atoms with Crippen molar-refractivity contribution in [3.63, 3.8) is 0 Å². The van der Waals surface area contributed by atoms with E-state index in [9.17, 15) is 19.1 Å². The Hall–Kier alpha value is -3.54. The van der Waals surface area contributed by atoms with Crippen molar-refractivity contribution in [3.05, 3.63) is 62.2 Å². The van der Waals surface area contributed by atoms with Gasteiger partial charge >= 0.3 is 5.97 Å². The van der Waals surface area contributed by atoms with Crippen LogP contribution in [-0.2, 0) is 28.3 Å². The smallest absolute Gasteiger partial charge is 0.343 e. The minimum atomic E-state index is -1.90. The van der Waals surface area contributed by atoms with Crippen LogP contribution in [0.4, 0.5) is 4.39 Å². The lowest BCUT2D eigenvalue weighted by Gasteiger charge is -2.31. The number of hydrogen-bond acceptors (Lipinski definition) is 6. The molecule has 0 radical (unpaired) electrons. The summed E-state index contributed by atoms with van der Waals surface area (Å²) in [7, 11) is 0. The lowest BCUT2D eigenvalue weighted by molar-refractivity contribution is -0.172. The molecule has 2 aromatic heterocycles. The van der Waals surface area contributed by atoms with Crippen LogP contribution in [0.5, 0.6) is 0 Å². The number of aromatic nitrogens is 2. The van der Waals surface area contributed by atoms with Crippen LogP contribution in [0.25, 0.3) is 22.3 Å². The van der Waals surface area contributed by atoms with E-state index in [0.29, 0.717) is 34.5 Å². The summed E-state index contributed by atoms with van der Waals surface area (Å²) >= 11 is 0. The quantitative estimate of drug-likeness (QED) is 0.268. The number of benzene rings is 1. The van der Waals surface area contributed by atoms with Gasteiger partial charge in [-0.3, -0.25) is 4.79 Å². The molecule has 0 fully saturated rings. The highest BCUT2D eigenvalue weighted by atomic mass is 19.1. The van der Waals surface area contributed by atoms with Crippen molar-refractivity contribution >= 4 is 16.9 Å². The van der Waals surface area contributed by atoms with Crippen LogP contribution in [0.2, 0.25) is 0 Å². The second kappa shape index (κ2) is 8.59. The molecule has 3 aromatic rings. The number of nitrogens with one attached hydrogen (secondary N) is 1. The van der Waals surface area contributed by atoms with Gasteiger partial charge in [0.2, 0.25) is 0 Å². The van der Waals surface area contributed by atoms with Gasteiger partial charge in [0.05, 0.1) is 29.0 Å². The maximum atomic E-state index is 14.5. The molecule has 0 bridgehead atoms. The number of halogens is 1. The largest absolute Gasteiger partial charge is 0.458 e. The van der Waals surface area contributed by atoms with Crippen LogP contribution < -0.4 is 10.9 Å². The second-order valence-electron chi connectivity index (χ2n) is 8.94. The molecule has 0 saturated heterocycles. The molecule has 0 spiro atoms. The van der Waals surface area contributed by atoms with Crippen LogP contribution in [0.3, 0.4) is 0 Å². The van der Waals surface area contributed by atoms with Gasteiger partial charge in [-0.2, -0.15) is 0 Å². The molecule has 0 aliphatic carbocycles. The first-order chi connectivity index (χ1) is 16.8. The third kappa shape index (κ3) is 3.54. The number of carbonyl (C=O) groups excluding carboxylic acids is 1. The van der Waals surface area contributed by atoms with E-state index < -0.39 is 11.6 Å². The molecule has 2 aliphatic rings. The van der Waals surface area contributed by atoms with Crippen LogP contribution in [0.1, 0.15) is 54.5 Å². The zero-order valence-corrected chi connectivity index (χ0v) is 19.9. The molecule has 2 N–H and O–H groups in total. The summed E-state index contributed by atoms with van der Waals surface area (Å²) < 4.78 is 21.2. The van der Waals surface area contributed by atoms with Crippen LogP contribution in [0, 0.1) is 24.6 Å². The number of esters is 1. The van der Waals surface area contributed by atoms with Gasteiger partial charge in [-0.15, -0.1) is 0 Å². The molecule has 35 heavy (non-hydrogen) atoms. The summed E-state index contributed by atoms with van der Waals surface area (Å²) in [4.78, 5) is 30.6. The topological polar surface area (TPSA) is 93.5 Å². The molecule has 2 aliphatic heterocycles. The molecule has 8 heteroatoms. The molecular formula is C27H26FN3O4. The van der Waals surface area contributed by atoms with Gasteiger partial charge in [-0.05, 0) is 37.6 Å². The Morgan fingerprint density at radius 2 is 2.06 bits per heavy atom. The summed E-state index contributed by atoms with van der Waals surface area (Å²) in [5.41, 5.74) is 1.65. The number of rotatable bonds is 4. The summed E-state index contributed by atoms with van der Waals surface area (Å²) in [6, 6.07) is 4.78. The lowest BCUT2D eigenvalue weighted by Crippen LogP contribution is -2.44. The molecule has 5 rings (SSSR count). The van der Waals surface area contributed by atoms with Gasteiger partial charge in [0.1, 0.15) is 12.4 Å². The average molecular weight is 476 g/mol. The van der Waals surface area contributed by atoms with Crippen molar-refractivity contribution in [2.45, 2.75) is 52.4 Å². The third-order valence-corrected chi connectivity index (χ3v) is 6.86. The van der Waals surface area contributed by atoms with E-state index in [1.54, 1.807) is 30.5 Å². The van der Waals surface area contributed by atoms with E-state index >= 15 is 0 Å². The molecule has 0 saturated carbocycles. The maximum absolute atomic E-state index is 14.5. The first-order valence-electron chi connectivity index (χ1n) is 11.8. The summed E-state index contributed by atoms with van der Waals surface area (Å²) in [6.45, 7) is 7.04. The van der Waals surface area contributed by atoms with E-state index in [1.165, 1.54) is 6.07 Å². The number of aliphatic hydroxyl groups is 1.